The summed E-state index contributed by atoms with van der Waals surface area (Å²) in [4.78, 5) is 12.2. The van der Waals surface area contributed by atoms with Gasteiger partial charge in [-0.2, -0.15) is 0 Å². The Morgan fingerprint density at radius 3 is 1.86 bits per heavy atom. The lowest BCUT2D eigenvalue weighted by Crippen LogP contribution is -2.24. The van der Waals surface area contributed by atoms with Crippen LogP contribution in [0, 0.1) is 20.8 Å². The van der Waals surface area contributed by atoms with E-state index in [1.54, 1.807) is 13.8 Å². The Morgan fingerprint density at radius 2 is 1.43 bits per heavy atom. The minimum Gasteiger partial charge on any atom is -0.293 e. The van der Waals surface area contributed by atoms with Gasteiger partial charge in [0.05, 0.1) is 11.5 Å². The van der Waals surface area contributed by atoms with Crippen LogP contribution in [0.15, 0.2) is 12.1 Å². The molecule has 0 saturated carbocycles. The Balaban J connectivity index is 2.96. The molecule has 1 aromatic carbocycles. The molecule has 0 saturated heterocycles. The number of carbonyl (C=O) groups excluding carboxylic acids is 1. The number of carbonyl (C=O) groups is 1. The molecule has 0 atom stereocenters. The Hall–Kier alpha value is -1.21. The van der Waals surface area contributed by atoms with Crippen LogP contribution in [0.4, 0.5) is 0 Å². The molecule has 0 aliphatic carbocycles. The molecule has 0 N–H and O–H groups in total. The fourth-order valence-corrected chi connectivity index (χ4v) is 5.16. The largest absolute Gasteiger partial charge is 0.293 e. The highest BCUT2D eigenvalue weighted by Gasteiger charge is 2.22. The van der Waals surface area contributed by atoms with Gasteiger partial charge in [-0.1, -0.05) is 17.7 Å². The van der Waals surface area contributed by atoms with Crippen molar-refractivity contribution in [2.45, 2.75) is 20.8 Å². The molecule has 21 heavy (non-hydrogen) atoms. The van der Waals surface area contributed by atoms with Gasteiger partial charge in [0.25, 0.3) is 0 Å². The standard InChI is InChI=1S/C14H20O5S2/c1-10-7-11(2)14(12(3)8-10)13(15)9-21(18,19)6-5-20(4,16)17/h7-8H,5-6,9H2,1-4H3. The van der Waals surface area contributed by atoms with E-state index in [9.17, 15) is 21.6 Å². The van der Waals surface area contributed by atoms with Crippen LogP contribution in [-0.2, 0) is 19.7 Å². The number of rotatable bonds is 6. The monoisotopic (exact) mass is 332 g/mol. The number of Topliss-reactive ketones (excluding diaryl/α,β-unsaturated/α-hetero) is 1. The molecule has 0 aliphatic heterocycles. The van der Waals surface area contributed by atoms with Crippen LogP contribution in [0.25, 0.3) is 0 Å². The van der Waals surface area contributed by atoms with Gasteiger partial charge >= 0.3 is 0 Å². The van der Waals surface area contributed by atoms with Crippen molar-refractivity contribution in [3.8, 4) is 0 Å². The molecule has 1 aromatic rings. The highest BCUT2D eigenvalue weighted by Crippen LogP contribution is 2.17. The smallest absolute Gasteiger partial charge is 0.178 e. The van der Waals surface area contributed by atoms with Crippen molar-refractivity contribution in [1.82, 2.24) is 0 Å². The van der Waals surface area contributed by atoms with Crippen LogP contribution < -0.4 is 0 Å². The van der Waals surface area contributed by atoms with Gasteiger partial charge in [-0.15, -0.1) is 0 Å². The van der Waals surface area contributed by atoms with Gasteiger partial charge in [-0.25, -0.2) is 16.8 Å². The zero-order valence-corrected chi connectivity index (χ0v) is 14.3. The van der Waals surface area contributed by atoms with Crippen LogP contribution in [0.1, 0.15) is 27.0 Å². The first kappa shape index (κ1) is 17.8. The third-order valence-electron chi connectivity index (χ3n) is 3.07. The van der Waals surface area contributed by atoms with E-state index in [-0.39, 0.29) is 0 Å². The first-order valence-corrected chi connectivity index (χ1v) is 10.3. The maximum absolute atomic E-state index is 12.2. The molecule has 0 aromatic heterocycles. The van der Waals surface area contributed by atoms with Gasteiger partial charge in [0.15, 0.2) is 15.6 Å². The maximum Gasteiger partial charge on any atom is 0.178 e. The summed E-state index contributed by atoms with van der Waals surface area (Å²) in [5, 5.41) is 0. The lowest BCUT2D eigenvalue weighted by atomic mass is 9.97. The van der Waals surface area contributed by atoms with Crippen LogP contribution in [0.3, 0.4) is 0 Å². The van der Waals surface area contributed by atoms with Crippen molar-refractivity contribution in [1.29, 1.82) is 0 Å². The average Bonchev–Trinajstić information content (AvgIpc) is 2.23. The quantitative estimate of drug-likeness (QED) is 0.732. The minimum absolute atomic E-state index is 0.406. The average molecular weight is 332 g/mol. The molecule has 7 heteroatoms. The van der Waals surface area contributed by atoms with Crippen molar-refractivity contribution < 1.29 is 21.6 Å². The first-order chi connectivity index (χ1) is 9.41. The summed E-state index contributed by atoms with van der Waals surface area (Å²) in [5.41, 5.74) is 2.87. The Morgan fingerprint density at radius 1 is 0.952 bits per heavy atom. The molecule has 118 valence electrons. The van der Waals surface area contributed by atoms with Crippen molar-refractivity contribution >= 4 is 25.5 Å². The third-order valence-corrected chi connectivity index (χ3v) is 5.80. The van der Waals surface area contributed by atoms with E-state index >= 15 is 0 Å². The first-order valence-electron chi connectivity index (χ1n) is 6.40. The van der Waals surface area contributed by atoms with Crippen LogP contribution >= 0.6 is 0 Å². The zero-order valence-electron chi connectivity index (χ0n) is 12.6. The lowest BCUT2D eigenvalue weighted by molar-refractivity contribution is 0.102. The zero-order chi connectivity index (χ0) is 16.4. The Kier molecular flexibility index (Phi) is 5.33. The fraction of sp³-hybridized carbons (Fsp3) is 0.500. The molecule has 0 heterocycles. The molecule has 0 bridgehead atoms. The van der Waals surface area contributed by atoms with E-state index in [2.05, 4.69) is 0 Å². The second-order valence-corrected chi connectivity index (χ2v) is 9.86. The predicted octanol–water partition coefficient (Wildman–Crippen LogP) is 1.25. The lowest BCUT2D eigenvalue weighted by Gasteiger charge is -2.10. The molecule has 0 fully saturated rings. The Bertz CT molecular complexity index is 736. The number of ketones is 1. The number of sulfone groups is 2. The van der Waals surface area contributed by atoms with Crippen molar-refractivity contribution in [2.24, 2.45) is 0 Å². The summed E-state index contributed by atoms with van der Waals surface area (Å²) in [6, 6.07) is 3.65. The number of hydrogen-bond acceptors (Lipinski definition) is 5. The summed E-state index contributed by atoms with van der Waals surface area (Å²) in [6.07, 6.45) is 0.971. The van der Waals surface area contributed by atoms with Gasteiger partial charge in [-0.3, -0.25) is 4.79 Å². The van der Waals surface area contributed by atoms with Crippen molar-refractivity contribution in [3.05, 3.63) is 34.4 Å². The van der Waals surface area contributed by atoms with Gasteiger partial charge in [0.1, 0.15) is 15.6 Å². The minimum atomic E-state index is -3.73. The van der Waals surface area contributed by atoms with Crippen LogP contribution in [0.2, 0.25) is 0 Å². The summed E-state index contributed by atoms with van der Waals surface area (Å²) in [6.45, 7) is 5.42. The molecule has 0 radical (unpaired) electrons. The topological polar surface area (TPSA) is 85.3 Å². The van der Waals surface area contributed by atoms with Gasteiger partial charge in [0.2, 0.25) is 0 Å². The summed E-state index contributed by atoms with van der Waals surface area (Å²) < 4.78 is 45.8. The normalized spacial score (nSPS) is 12.4. The van der Waals surface area contributed by atoms with Gasteiger partial charge < -0.3 is 0 Å². The van der Waals surface area contributed by atoms with E-state index in [4.69, 9.17) is 0 Å². The highest BCUT2D eigenvalue weighted by molar-refractivity contribution is 7.95. The van der Waals surface area contributed by atoms with Crippen LogP contribution in [0.5, 0.6) is 0 Å². The predicted molar refractivity (Wildman–Crippen MR) is 83.3 cm³/mol. The molecule has 0 amide bonds. The molecule has 0 spiro atoms. The number of hydrogen-bond donors (Lipinski definition) is 0. The van der Waals surface area contributed by atoms with Gasteiger partial charge in [-0.05, 0) is 31.9 Å². The molecule has 0 aliphatic rings. The van der Waals surface area contributed by atoms with E-state index in [1.165, 1.54) is 0 Å². The second-order valence-electron chi connectivity index (χ2n) is 5.42. The van der Waals surface area contributed by atoms with E-state index in [1.807, 2.05) is 19.1 Å². The van der Waals surface area contributed by atoms with E-state index < -0.39 is 42.7 Å². The molecule has 5 nitrogen and oxygen atoms in total. The SMILES string of the molecule is Cc1cc(C)c(C(=O)CS(=O)(=O)CCS(C)(=O)=O)c(C)c1. The number of aryl methyl sites for hydroxylation is 3. The molecule has 1 rings (SSSR count). The molecular weight excluding hydrogens is 312 g/mol. The fourth-order valence-electron chi connectivity index (χ4n) is 2.24. The van der Waals surface area contributed by atoms with Crippen molar-refractivity contribution in [3.63, 3.8) is 0 Å². The van der Waals surface area contributed by atoms with Crippen molar-refractivity contribution in [2.75, 3.05) is 23.5 Å². The number of benzene rings is 1. The Labute approximate surface area is 126 Å². The summed E-state index contributed by atoms with van der Waals surface area (Å²) in [7, 11) is -7.10. The summed E-state index contributed by atoms with van der Waals surface area (Å²) >= 11 is 0. The second kappa shape index (κ2) is 6.27. The third kappa shape index (κ3) is 5.59. The van der Waals surface area contributed by atoms with Crippen LogP contribution in [-0.4, -0.2) is 46.1 Å². The summed E-state index contributed by atoms with van der Waals surface area (Å²) in [5.74, 6) is -2.14. The van der Waals surface area contributed by atoms with E-state index in [0.717, 1.165) is 22.9 Å². The maximum atomic E-state index is 12.2. The molecule has 0 unspecified atom stereocenters. The molecular formula is C14H20O5S2. The van der Waals surface area contributed by atoms with E-state index in [0.29, 0.717) is 5.56 Å². The van der Waals surface area contributed by atoms with Gasteiger partial charge in [0, 0.05) is 11.8 Å². The highest BCUT2D eigenvalue weighted by atomic mass is 32.2.